The number of alkyl halides is 3. The Morgan fingerprint density at radius 1 is 1.38 bits per heavy atom. The first kappa shape index (κ1) is 20.0. The number of aliphatic carboxylic acids is 1. The number of nitrogens with one attached hydrogen (secondary N) is 1. The standard InChI is InChI=1S/C14H17ClF3N3O3/c1-21(6-2-3-12(23)24)11(22)4-5-19-13-10(15)7-9(8-20-13)14(16,17)18/h7-8H,2-6H2,1H3,(H,19,20)(H,23,24). The third-order valence-corrected chi connectivity index (χ3v) is 3.40. The summed E-state index contributed by atoms with van der Waals surface area (Å²) in [7, 11) is 1.55. The zero-order chi connectivity index (χ0) is 18.3. The van der Waals surface area contributed by atoms with Crippen molar-refractivity contribution >= 4 is 29.3 Å². The highest BCUT2D eigenvalue weighted by molar-refractivity contribution is 6.32. The fourth-order valence-electron chi connectivity index (χ4n) is 1.79. The van der Waals surface area contributed by atoms with Crippen LogP contribution in [0, 0.1) is 0 Å². The van der Waals surface area contributed by atoms with Gasteiger partial charge in [0.1, 0.15) is 5.82 Å². The van der Waals surface area contributed by atoms with Crippen LogP contribution in [0.25, 0.3) is 0 Å². The Morgan fingerprint density at radius 2 is 2.04 bits per heavy atom. The van der Waals surface area contributed by atoms with Gasteiger partial charge in [-0.3, -0.25) is 9.59 Å². The average molecular weight is 368 g/mol. The number of hydrogen-bond acceptors (Lipinski definition) is 4. The van der Waals surface area contributed by atoms with Crippen LogP contribution in [0.2, 0.25) is 5.02 Å². The third kappa shape index (κ3) is 6.61. The molecule has 6 nitrogen and oxygen atoms in total. The maximum Gasteiger partial charge on any atom is 0.417 e. The highest BCUT2D eigenvalue weighted by Gasteiger charge is 2.31. The zero-order valence-electron chi connectivity index (χ0n) is 12.9. The molecule has 0 fully saturated rings. The van der Waals surface area contributed by atoms with Crippen molar-refractivity contribution in [3.8, 4) is 0 Å². The predicted octanol–water partition coefficient (Wildman–Crippen LogP) is 2.88. The van der Waals surface area contributed by atoms with Crippen molar-refractivity contribution in [2.24, 2.45) is 0 Å². The van der Waals surface area contributed by atoms with Crippen LogP contribution in [0.1, 0.15) is 24.8 Å². The van der Waals surface area contributed by atoms with E-state index in [-0.39, 0.29) is 36.1 Å². The van der Waals surface area contributed by atoms with Crippen LogP contribution in [0.3, 0.4) is 0 Å². The first-order chi connectivity index (χ1) is 11.1. The van der Waals surface area contributed by atoms with Gasteiger partial charge in [0.15, 0.2) is 0 Å². The number of halogens is 4. The van der Waals surface area contributed by atoms with E-state index in [0.29, 0.717) is 19.2 Å². The molecule has 0 radical (unpaired) electrons. The molecule has 0 aromatic carbocycles. The number of carbonyl (C=O) groups is 2. The summed E-state index contributed by atoms with van der Waals surface area (Å²) in [6.45, 7) is 0.449. The summed E-state index contributed by atoms with van der Waals surface area (Å²) in [6.07, 6.45) is -3.47. The maximum absolute atomic E-state index is 12.5. The highest BCUT2D eigenvalue weighted by Crippen LogP contribution is 2.32. The van der Waals surface area contributed by atoms with Gasteiger partial charge in [-0.05, 0) is 12.5 Å². The molecule has 0 unspecified atom stereocenters. The molecule has 10 heteroatoms. The van der Waals surface area contributed by atoms with E-state index in [0.717, 1.165) is 6.07 Å². The molecule has 1 rings (SSSR count). The minimum Gasteiger partial charge on any atom is -0.481 e. The summed E-state index contributed by atoms with van der Waals surface area (Å²) in [6, 6.07) is 0.761. The number of nitrogens with zero attached hydrogens (tertiary/aromatic N) is 2. The molecule has 0 aliphatic heterocycles. The summed E-state index contributed by atoms with van der Waals surface area (Å²) in [5, 5.41) is 11.0. The minimum absolute atomic E-state index is 0.0268. The quantitative estimate of drug-likeness (QED) is 0.738. The molecule has 134 valence electrons. The fraction of sp³-hybridized carbons (Fsp3) is 0.500. The topological polar surface area (TPSA) is 82.5 Å². The Labute approximate surface area is 141 Å². The van der Waals surface area contributed by atoms with E-state index in [1.54, 1.807) is 7.05 Å². The summed E-state index contributed by atoms with van der Waals surface area (Å²) < 4.78 is 37.5. The summed E-state index contributed by atoms with van der Waals surface area (Å²) in [5.74, 6) is -1.09. The Bertz CT molecular complexity index is 596. The van der Waals surface area contributed by atoms with Gasteiger partial charge >= 0.3 is 12.1 Å². The molecule has 0 atom stereocenters. The lowest BCUT2D eigenvalue weighted by Crippen LogP contribution is -2.29. The van der Waals surface area contributed by atoms with Gasteiger partial charge in [0.05, 0.1) is 10.6 Å². The zero-order valence-corrected chi connectivity index (χ0v) is 13.6. The Morgan fingerprint density at radius 3 is 2.58 bits per heavy atom. The second kappa shape index (κ2) is 8.72. The molecule has 1 amide bonds. The number of rotatable bonds is 8. The number of carboxylic acids is 1. The van der Waals surface area contributed by atoms with E-state index in [1.165, 1.54) is 4.90 Å². The number of pyridine rings is 1. The van der Waals surface area contributed by atoms with E-state index in [9.17, 15) is 22.8 Å². The molecular formula is C14H17ClF3N3O3. The van der Waals surface area contributed by atoms with Crippen molar-refractivity contribution in [3.05, 3.63) is 22.8 Å². The van der Waals surface area contributed by atoms with Gasteiger partial charge in [0.25, 0.3) is 0 Å². The van der Waals surface area contributed by atoms with Crippen LogP contribution >= 0.6 is 11.6 Å². The van der Waals surface area contributed by atoms with Crippen LogP contribution in [-0.2, 0) is 15.8 Å². The molecule has 0 saturated heterocycles. The van der Waals surface area contributed by atoms with Gasteiger partial charge in [-0.1, -0.05) is 11.6 Å². The largest absolute Gasteiger partial charge is 0.481 e. The molecule has 0 aliphatic rings. The normalized spacial score (nSPS) is 11.2. The molecule has 0 spiro atoms. The summed E-state index contributed by atoms with van der Waals surface area (Å²) >= 11 is 5.74. The van der Waals surface area contributed by atoms with E-state index in [4.69, 9.17) is 16.7 Å². The molecule has 0 saturated carbocycles. The SMILES string of the molecule is CN(CCCC(=O)O)C(=O)CCNc1ncc(C(F)(F)F)cc1Cl. The fourth-order valence-corrected chi connectivity index (χ4v) is 2.03. The second-order valence-electron chi connectivity index (χ2n) is 5.04. The van der Waals surface area contributed by atoms with Crippen LogP contribution in [0.15, 0.2) is 12.3 Å². The van der Waals surface area contributed by atoms with E-state index < -0.39 is 17.7 Å². The van der Waals surface area contributed by atoms with Crippen molar-refractivity contribution in [1.29, 1.82) is 0 Å². The van der Waals surface area contributed by atoms with Crippen molar-refractivity contribution in [1.82, 2.24) is 9.88 Å². The Hall–Kier alpha value is -2.03. The number of hydrogen-bond donors (Lipinski definition) is 2. The summed E-state index contributed by atoms with van der Waals surface area (Å²) in [5.41, 5.74) is -0.952. The van der Waals surface area contributed by atoms with Crippen LogP contribution in [0.5, 0.6) is 0 Å². The number of carbonyl (C=O) groups excluding carboxylic acids is 1. The average Bonchev–Trinajstić information content (AvgIpc) is 2.47. The van der Waals surface area contributed by atoms with E-state index in [1.807, 2.05) is 0 Å². The van der Waals surface area contributed by atoms with Crippen LogP contribution in [-0.4, -0.2) is 47.0 Å². The highest BCUT2D eigenvalue weighted by atomic mass is 35.5. The molecule has 1 heterocycles. The van der Waals surface area contributed by atoms with Gasteiger partial charge < -0.3 is 15.3 Å². The first-order valence-electron chi connectivity index (χ1n) is 7.03. The van der Waals surface area contributed by atoms with Crippen molar-refractivity contribution < 1.29 is 27.9 Å². The molecular weight excluding hydrogens is 351 g/mol. The Balaban J connectivity index is 2.44. The molecule has 1 aromatic rings. The third-order valence-electron chi connectivity index (χ3n) is 3.11. The first-order valence-corrected chi connectivity index (χ1v) is 7.41. The lowest BCUT2D eigenvalue weighted by molar-refractivity contribution is -0.138. The molecule has 1 aromatic heterocycles. The van der Waals surface area contributed by atoms with Gasteiger partial charge in [0, 0.05) is 39.2 Å². The molecule has 24 heavy (non-hydrogen) atoms. The molecule has 0 aliphatic carbocycles. The maximum atomic E-state index is 12.5. The van der Waals surface area contributed by atoms with E-state index in [2.05, 4.69) is 10.3 Å². The lowest BCUT2D eigenvalue weighted by atomic mass is 10.2. The van der Waals surface area contributed by atoms with Crippen molar-refractivity contribution in [2.75, 3.05) is 25.5 Å². The lowest BCUT2D eigenvalue weighted by Gasteiger charge is -2.17. The van der Waals surface area contributed by atoms with Crippen LogP contribution < -0.4 is 5.32 Å². The van der Waals surface area contributed by atoms with Gasteiger partial charge in [-0.2, -0.15) is 13.2 Å². The smallest absolute Gasteiger partial charge is 0.417 e. The second-order valence-corrected chi connectivity index (χ2v) is 5.45. The minimum atomic E-state index is -4.52. The summed E-state index contributed by atoms with van der Waals surface area (Å²) in [4.78, 5) is 27.2. The predicted molar refractivity (Wildman–Crippen MR) is 81.9 cm³/mol. The Kier molecular flexibility index (Phi) is 7.27. The number of carboxylic acid groups (broad SMARTS) is 1. The monoisotopic (exact) mass is 367 g/mol. The number of aromatic nitrogens is 1. The number of anilines is 1. The van der Waals surface area contributed by atoms with Gasteiger partial charge in [0.2, 0.25) is 5.91 Å². The number of amides is 1. The van der Waals surface area contributed by atoms with Crippen molar-refractivity contribution in [3.63, 3.8) is 0 Å². The van der Waals surface area contributed by atoms with Gasteiger partial charge in [-0.15, -0.1) is 0 Å². The van der Waals surface area contributed by atoms with Crippen LogP contribution in [0.4, 0.5) is 19.0 Å². The van der Waals surface area contributed by atoms with Gasteiger partial charge in [-0.25, -0.2) is 4.98 Å². The van der Waals surface area contributed by atoms with Crippen molar-refractivity contribution in [2.45, 2.75) is 25.4 Å². The van der Waals surface area contributed by atoms with E-state index >= 15 is 0 Å². The molecule has 0 bridgehead atoms. The molecule has 2 N–H and O–H groups in total.